The van der Waals surface area contributed by atoms with Crippen LogP contribution in [0.3, 0.4) is 0 Å². The predicted molar refractivity (Wildman–Crippen MR) is 81.4 cm³/mol. The van der Waals surface area contributed by atoms with Gasteiger partial charge in [0, 0.05) is 44.0 Å². The van der Waals surface area contributed by atoms with Crippen LogP contribution in [0.5, 0.6) is 5.88 Å². The zero-order chi connectivity index (χ0) is 14.6. The number of nitrogens with zero attached hydrogens (tertiary/aromatic N) is 4. The first-order valence-electron chi connectivity index (χ1n) is 7.46. The van der Waals surface area contributed by atoms with E-state index in [1.54, 1.807) is 6.20 Å². The van der Waals surface area contributed by atoms with Crippen LogP contribution in [0.2, 0.25) is 0 Å². The normalized spacial score (nSPS) is 17.3. The summed E-state index contributed by atoms with van der Waals surface area (Å²) in [5.41, 5.74) is 0.235. The molecule has 1 aromatic rings. The van der Waals surface area contributed by atoms with E-state index in [0.29, 0.717) is 12.5 Å². The summed E-state index contributed by atoms with van der Waals surface area (Å²) in [5, 5.41) is 0. The zero-order valence-electron chi connectivity index (χ0n) is 13.1. The fourth-order valence-electron chi connectivity index (χ4n) is 2.35. The van der Waals surface area contributed by atoms with E-state index in [9.17, 15) is 0 Å². The number of anilines is 1. The molecule has 1 aliphatic heterocycles. The van der Waals surface area contributed by atoms with Crippen molar-refractivity contribution < 1.29 is 4.74 Å². The predicted octanol–water partition coefficient (Wildman–Crippen LogP) is 2.19. The minimum atomic E-state index is 0.235. The fraction of sp³-hybridized carbons (Fsp3) is 0.733. The molecular formula is C15H26N4O. The second-order valence-electron chi connectivity index (χ2n) is 6.19. The maximum atomic E-state index is 5.57. The molecule has 0 amide bonds. The van der Waals surface area contributed by atoms with Gasteiger partial charge in [-0.25, -0.2) is 4.98 Å². The molecule has 112 valence electrons. The maximum Gasteiger partial charge on any atom is 0.228 e. The monoisotopic (exact) mass is 278 g/mol. The first-order valence-corrected chi connectivity index (χ1v) is 7.46. The van der Waals surface area contributed by atoms with Gasteiger partial charge >= 0.3 is 0 Å². The topological polar surface area (TPSA) is 41.5 Å². The first-order chi connectivity index (χ1) is 9.50. The smallest absolute Gasteiger partial charge is 0.228 e. The molecule has 1 aromatic heterocycles. The molecule has 2 heterocycles. The second kappa shape index (κ2) is 6.39. The van der Waals surface area contributed by atoms with Gasteiger partial charge in [-0.15, -0.1) is 0 Å². The molecule has 0 radical (unpaired) electrons. The van der Waals surface area contributed by atoms with Crippen LogP contribution in [-0.4, -0.2) is 53.2 Å². The van der Waals surface area contributed by atoms with Crippen molar-refractivity contribution in [2.24, 2.45) is 0 Å². The summed E-state index contributed by atoms with van der Waals surface area (Å²) in [6.45, 7) is 13.6. The Hall–Kier alpha value is -1.36. The molecule has 0 bridgehead atoms. The highest BCUT2D eigenvalue weighted by atomic mass is 16.5. The van der Waals surface area contributed by atoms with E-state index in [1.165, 1.54) is 0 Å². The number of hydrogen-bond donors (Lipinski definition) is 0. The summed E-state index contributed by atoms with van der Waals surface area (Å²) in [6.07, 6.45) is 2.77. The molecule has 0 N–H and O–H groups in total. The number of piperazine rings is 1. The third kappa shape index (κ3) is 3.82. The third-order valence-electron chi connectivity index (χ3n) is 3.58. The number of ether oxygens (including phenoxy) is 1. The SMILES string of the molecule is CCCOc1ccnc(N2CCN(C(C)(C)C)CC2)n1. The summed E-state index contributed by atoms with van der Waals surface area (Å²) < 4.78 is 5.57. The molecule has 0 spiro atoms. The highest BCUT2D eigenvalue weighted by molar-refractivity contribution is 5.32. The van der Waals surface area contributed by atoms with Crippen molar-refractivity contribution in [2.45, 2.75) is 39.7 Å². The van der Waals surface area contributed by atoms with Crippen LogP contribution in [-0.2, 0) is 0 Å². The van der Waals surface area contributed by atoms with Crippen LogP contribution in [0.25, 0.3) is 0 Å². The second-order valence-corrected chi connectivity index (χ2v) is 6.19. The van der Waals surface area contributed by atoms with E-state index in [1.807, 2.05) is 6.07 Å². The van der Waals surface area contributed by atoms with E-state index in [0.717, 1.165) is 38.5 Å². The van der Waals surface area contributed by atoms with Crippen LogP contribution in [0.1, 0.15) is 34.1 Å². The Labute approximate surface area is 122 Å². The summed E-state index contributed by atoms with van der Waals surface area (Å²) in [6, 6.07) is 1.82. The molecule has 5 nitrogen and oxygen atoms in total. The van der Waals surface area contributed by atoms with Crippen LogP contribution in [0.15, 0.2) is 12.3 Å². The summed E-state index contributed by atoms with van der Waals surface area (Å²) in [7, 11) is 0. The Morgan fingerprint density at radius 2 is 1.90 bits per heavy atom. The Morgan fingerprint density at radius 1 is 1.20 bits per heavy atom. The minimum Gasteiger partial charge on any atom is -0.478 e. The third-order valence-corrected chi connectivity index (χ3v) is 3.58. The van der Waals surface area contributed by atoms with E-state index < -0.39 is 0 Å². The Morgan fingerprint density at radius 3 is 2.50 bits per heavy atom. The molecule has 0 aliphatic carbocycles. The van der Waals surface area contributed by atoms with Gasteiger partial charge in [0.2, 0.25) is 11.8 Å². The van der Waals surface area contributed by atoms with Gasteiger partial charge in [0.15, 0.2) is 0 Å². The van der Waals surface area contributed by atoms with Gasteiger partial charge in [-0.3, -0.25) is 4.90 Å². The van der Waals surface area contributed by atoms with Crippen molar-refractivity contribution >= 4 is 5.95 Å². The van der Waals surface area contributed by atoms with E-state index in [2.05, 4.69) is 47.5 Å². The number of aromatic nitrogens is 2. The quantitative estimate of drug-likeness (QED) is 0.844. The van der Waals surface area contributed by atoms with Crippen LogP contribution in [0.4, 0.5) is 5.95 Å². The molecule has 5 heteroatoms. The van der Waals surface area contributed by atoms with E-state index in [-0.39, 0.29) is 5.54 Å². The molecule has 0 saturated carbocycles. The average Bonchev–Trinajstić information content (AvgIpc) is 2.45. The highest BCUT2D eigenvalue weighted by Crippen LogP contribution is 2.19. The van der Waals surface area contributed by atoms with Crippen molar-refractivity contribution in [1.29, 1.82) is 0 Å². The molecule has 0 aromatic carbocycles. The summed E-state index contributed by atoms with van der Waals surface area (Å²) >= 11 is 0. The van der Waals surface area contributed by atoms with Gasteiger partial charge in [0.25, 0.3) is 0 Å². The standard InChI is InChI=1S/C15H26N4O/c1-5-12-20-13-6-7-16-14(17-13)18-8-10-19(11-9-18)15(2,3)4/h6-7H,5,8-12H2,1-4H3. The molecule has 2 rings (SSSR count). The van der Waals surface area contributed by atoms with Crippen molar-refractivity contribution in [3.63, 3.8) is 0 Å². The lowest BCUT2D eigenvalue weighted by Crippen LogP contribution is -2.53. The molecule has 1 saturated heterocycles. The lowest BCUT2D eigenvalue weighted by Gasteiger charge is -2.42. The molecule has 20 heavy (non-hydrogen) atoms. The Bertz CT molecular complexity index is 422. The lowest BCUT2D eigenvalue weighted by atomic mass is 10.1. The summed E-state index contributed by atoms with van der Waals surface area (Å²) in [4.78, 5) is 13.6. The summed E-state index contributed by atoms with van der Waals surface area (Å²) in [5.74, 6) is 1.46. The number of hydrogen-bond acceptors (Lipinski definition) is 5. The minimum absolute atomic E-state index is 0.235. The van der Waals surface area contributed by atoms with Crippen molar-refractivity contribution in [3.8, 4) is 5.88 Å². The average molecular weight is 278 g/mol. The lowest BCUT2D eigenvalue weighted by molar-refractivity contribution is 0.128. The Kier molecular flexibility index (Phi) is 4.81. The Balaban J connectivity index is 1.96. The van der Waals surface area contributed by atoms with Gasteiger partial charge in [0.05, 0.1) is 6.61 Å². The molecule has 0 unspecified atom stereocenters. The molecular weight excluding hydrogens is 252 g/mol. The van der Waals surface area contributed by atoms with Crippen LogP contribution in [0, 0.1) is 0 Å². The van der Waals surface area contributed by atoms with Crippen molar-refractivity contribution in [1.82, 2.24) is 14.9 Å². The van der Waals surface area contributed by atoms with Gasteiger partial charge in [-0.05, 0) is 27.2 Å². The van der Waals surface area contributed by atoms with Crippen molar-refractivity contribution in [2.75, 3.05) is 37.7 Å². The van der Waals surface area contributed by atoms with Gasteiger partial charge in [-0.1, -0.05) is 6.92 Å². The van der Waals surface area contributed by atoms with Crippen LogP contribution >= 0.6 is 0 Å². The van der Waals surface area contributed by atoms with Crippen molar-refractivity contribution in [3.05, 3.63) is 12.3 Å². The van der Waals surface area contributed by atoms with Gasteiger partial charge in [-0.2, -0.15) is 4.98 Å². The van der Waals surface area contributed by atoms with E-state index in [4.69, 9.17) is 4.74 Å². The first kappa shape index (κ1) is 15.0. The van der Waals surface area contributed by atoms with Gasteiger partial charge in [0.1, 0.15) is 0 Å². The maximum absolute atomic E-state index is 5.57. The molecule has 0 atom stereocenters. The molecule has 1 aliphatic rings. The number of rotatable bonds is 4. The van der Waals surface area contributed by atoms with E-state index >= 15 is 0 Å². The zero-order valence-corrected chi connectivity index (χ0v) is 13.1. The largest absolute Gasteiger partial charge is 0.478 e. The molecule has 1 fully saturated rings. The van der Waals surface area contributed by atoms with Gasteiger partial charge < -0.3 is 9.64 Å². The fourth-order valence-corrected chi connectivity index (χ4v) is 2.35. The highest BCUT2D eigenvalue weighted by Gasteiger charge is 2.26. The van der Waals surface area contributed by atoms with Crippen LogP contribution < -0.4 is 9.64 Å².